The highest BCUT2D eigenvalue weighted by atomic mass is 32.2. The minimum atomic E-state index is -0.833. The number of nitrogens with zero attached hydrogens (tertiary/aromatic N) is 5. The van der Waals surface area contributed by atoms with Gasteiger partial charge in [0, 0.05) is 51.9 Å². The molecule has 11 nitrogen and oxygen atoms in total. The Morgan fingerprint density at radius 2 is 1.84 bits per heavy atom. The van der Waals surface area contributed by atoms with Gasteiger partial charge in [0.25, 0.3) is 17.4 Å². The number of carbonyl (C=O) groups excluding carboxylic acids is 1. The quantitative estimate of drug-likeness (QED) is 0.331. The molecule has 1 amide bonds. The van der Waals surface area contributed by atoms with Crippen molar-refractivity contribution in [2.45, 2.75) is 40.3 Å². The topological polar surface area (TPSA) is 117 Å². The summed E-state index contributed by atoms with van der Waals surface area (Å²) in [6, 6.07) is 9.79. The fraction of sp³-hybridized carbons (Fsp3) is 0.367. The number of hydrogen-bond acceptors (Lipinski definition) is 10. The van der Waals surface area contributed by atoms with Gasteiger partial charge in [-0.1, -0.05) is 36.1 Å². The van der Waals surface area contributed by atoms with Crippen LogP contribution < -0.4 is 19.9 Å². The van der Waals surface area contributed by atoms with Crippen molar-refractivity contribution >= 4 is 57.7 Å². The van der Waals surface area contributed by atoms with Crippen LogP contribution in [0.1, 0.15) is 37.5 Å². The predicted octanol–water partition coefficient (Wildman–Crippen LogP) is 3.75. The number of benzene rings is 1. The van der Waals surface area contributed by atoms with E-state index in [1.54, 1.807) is 21.6 Å². The number of fused-ring (bicyclic) bond motifs is 2. The molecule has 13 heteroatoms. The lowest BCUT2D eigenvalue weighted by molar-refractivity contribution is -0.134. The number of carboxylic acids is 1. The second-order valence-electron chi connectivity index (χ2n) is 10.7. The van der Waals surface area contributed by atoms with Crippen molar-refractivity contribution in [2.24, 2.45) is 0 Å². The van der Waals surface area contributed by atoms with Crippen molar-refractivity contribution in [3.63, 3.8) is 0 Å². The highest BCUT2D eigenvalue weighted by Gasteiger charge is 2.35. The summed E-state index contributed by atoms with van der Waals surface area (Å²) in [4.78, 5) is 47.5. The third-order valence-corrected chi connectivity index (χ3v) is 8.52. The van der Waals surface area contributed by atoms with Crippen LogP contribution in [-0.4, -0.2) is 79.5 Å². The number of thioether (sulfide) groups is 1. The van der Waals surface area contributed by atoms with Crippen LogP contribution in [0.5, 0.6) is 11.5 Å². The summed E-state index contributed by atoms with van der Waals surface area (Å²) in [5.41, 5.74) is 2.91. The van der Waals surface area contributed by atoms with Crippen molar-refractivity contribution in [3.05, 3.63) is 68.5 Å². The van der Waals surface area contributed by atoms with Gasteiger partial charge in [-0.15, -0.1) is 0 Å². The standard InChI is InChI=1S/C28H29N5O4S2.C2H4O2/c1-17(2)33-27(35)23(39-28(33)38)14-20-25(29-24-18(3)5-4-8-32(24)26(20)34)31-11-9-30(10-12-31)15-19-6-7-21-22(13-19)37-16-36-21;1-2(3)4/h4-8,13-14,17H,9-12,15-16H2,1-3H3;1H3,(H,3,4)/b23-14-;. The number of aromatic nitrogens is 2. The number of anilines is 1. The molecule has 0 radical (unpaired) electrons. The molecular weight excluding hydrogens is 590 g/mol. The minimum Gasteiger partial charge on any atom is -0.481 e. The summed E-state index contributed by atoms with van der Waals surface area (Å²) in [5, 5.41) is 7.42. The molecule has 6 rings (SSSR count). The molecule has 0 bridgehead atoms. The number of aliphatic carboxylic acids is 1. The van der Waals surface area contributed by atoms with E-state index in [0.717, 1.165) is 43.6 Å². The van der Waals surface area contributed by atoms with Gasteiger partial charge in [0.2, 0.25) is 6.79 Å². The SMILES string of the molecule is CC(=O)O.Cc1cccn2c(=O)c(/C=C3\SC(=S)N(C(C)C)C3=O)c(N3CCN(Cc4ccc5c(c4)OCO5)CC3)nc12. The van der Waals surface area contributed by atoms with Gasteiger partial charge in [-0.05, 0) is 56.2 Å². The molecule has 226 valence electrons. The van der Waals surface area contributed by atoms with Gasteiger partial charge in [0.1, 0.15) is 15.8 Å². The molecule has 2 aromatic heterocycles. The number of pyridine rings is 1. The molecule has 1 N–H and O–H groups in total. The first-order chi connectivity index (χ1) is 20.5. The summed E-state index contributed by atoms with van der Waals surface area (Å²) in [6.45, 7) is 11.0. The summed E-state index contributed by atoms with van der Waals surface area (Å²) in [5.74, 6) is 1.17. The summed E-state index contributed by atoms with van der Waals surface area (Å²) >= 11 is 6.70. The zero-order valence-electron chi connectivity index (χ0n) is 24.4. The summed E-state index contributed by atoms with van der Waals surface area (Å²) < 4.78 is 13.0. The first-order valence-corrected chi connectivity index (χ1v) is 15.1. The molecule has 43 heavy (non-hydrogen) atoms. The Balaban J connectivity index is 0.000000868. The lowest BCUT2D eigenvalue weighted by Crippen LogP contribution is -2.47. The number of ether oxygens (including phenoxy) is 2. The maximum atomic E-state index is 13.8. The maximum Gasteiger partial charge on any atom is 0.300 e. The molecule has 3 aliphatic heterocycles. The van der Waals surface area contributed by atoms with Crippen LogP contribution >= 0.6 is 24.0 Å². The fourth-order valence-electron chi connectivity index (χ4n) is 5.14. The van der Waals surface area contributed by atoms with E-state index in [1.807, 2.05) is 45.0 Å². The predicted molar refractivity (Wildman–Crippen MR) is 170 cm³/mol. The normalized spacial score (nSPS) is 17.7. The Labute approximate surface area is 258 Å². The van der Waals surface area contributed by atoms with E-state index in [9.17, 15) is 9.59 Å². The number of piperazine rings is 1. The second kappa shape index (κ2) is 12.7. The van der Waals surface area contributed by atoms with Gasteiger partial charge in [0.05, 0.1) is 10.5 Å². The average Bonchev–Trinajstić information content (AvgIpc) is 3.53. The van der Waals surface area contributed by atoms with Crippen LogP contribution in [0.2, 0.25) is 0 Å². The number of thiocarbonyl (C=S) groups is 1. The van der Waals surface area contributed by atoms with Gasteiger partial charge in [-0.25, -0.2) is 4.98 Å². The Morgan fingerprint density at radius 1 is 1.14 bits per heavy atom. The van der Waals surface area contributed by atoms with Crippen LogP contribution in [-0.2, 0) is 16.1 Å². The van der Waals surface area contributed by atoms with Crippen molar-refractivity contribution in [2.75, 3.05) is 37.9 Å². The van der Waals surface area contributed by atoms with Crippen LogP contribution in [0.4, 0.5) is 5.82 Å². The lowest BCUT2D eigenvalue weighted by Gasteiger charge is -2.36. The third kappa shape index (κ3) is 6.53. The lowest BCUT2D eigenvalue weighted by atomic mass is 10.1. The van der Waals surface area contributed by atoms with Gasteiger partial charge < -0.3 is 19.5 Å². The van der Waals surface area contributed by atoms with E-state index in [-0.39, 0.29) is 24.3 Å². The zero-order valence-corrected chi connectivity index (χ0v) is 26.0. The highest BCUT2D eigenvalue weighted by Crippen LogP contribution is 2.35. The van der Waals surface area contributed by atoms with Gasteiger partial charge in [-0.2, -0.15) is 0 Å². The van der Waals surface area contributed by atoms with Crippen LogP contribution in [0.15, 0.2) is 46.2 Å². The van der Waals surface area contributed by atoms with E-state index in [0.29, 0.717) is 39.3 Å². The monoisotopic (exact) mass is 623 g/mol. The fourth-order valence-corrected chi connectivity index (χ4v) is 6.64. The van der Waals surface area contributed by atoms with Gasteiger partial charge >= 0.3 is 0 Å². The minimum absolute atomic E-state index is 0.0563. The first-order valence-electron chi connectivity index (χ1n) is 13.9. The molecule has 2 fully saturated rings. The Hall–Kier alpha value is -3.94. The Kier molecular flexibility index (Phi) is 9.04. The molecule has 5 heterocycles. The molecular formula is C30H33N5O6S2. The molecule has 0 spiro atoms. The molecule has 0 unspecified atom stereocenters. The van der Waals surface area contributed by atoms with Crippen LogP contribution in [0.3, 0.4) is 0 Å². The highest BCUT2D eigenvalue weighted by molar-refractivity contribution is 8.26. The van der Waals surface area contributed by atoms with E-state index in [4.69, 9.17) is 36.6 Å². The van der Waals surface area contributed by atoms with E-state index in [1.165, 1.54) is 17.3 Å². The second-order valence-corrected chi connectivity index (χ2v) is 12.3. The largest absolute Gasteiger partial charge is 0.481 e. The van der Waals surface area contributed by atoms with E-state index < -0.39 is 5.97 Å². The molecule has 1 aromatic carbocycles. The molecule has 2 saturated heterocycles. The number of carboxylic acid groups (broad SMARTS) is 1. The number of rotatable bonds is 5. The van der Waals surface area contributed by atoms with Crippen molar-refractivity contribution in [3.8, 4) is 11.5 Å². The number of amides is 1. The molecule has 0 saturated carbocycles. The van der Waals surface area contributed by atoms with Crippen molar-refractivity contribution in [1.29, 1.82) is 0 Å². The van der Waals surface area contributed by atoms with Crippen LogP contribution in [0, 0.1) is 6.92 Å². The molecule has 3 aliphatic rings. The number of hydrogen-bond donors (Lipinski definition) is 1. The zero-order chi connectivity index (χ0) is 30.8. The number of aryl methyl sites for hydroxylation is 1. The average molecular weight is 624 g/mol. The van der Waals surface area contributed by atoms with E-state index >= 15 is 0 Å². The molecule has 0 atom stereocenters. The molecule has 0 aliphatic carbocycles. The first kappa shape index (κ1) is 30.5. The summed E-state index contributed by atoms with van der Waals surface area (Å²) in [6.07, 6.45) is 3.40. The third-order valence-electron chi connectivity index (χ3n) is 7.19. The van der Waals surface area contributed by atoms with Crippen LogP contribution in [0.25, 0.3) is 11.7 Å². The van der Waals surface area contributed by atoms with Gasteiger partial charge in [-0.3, -0.25) is 28.6 Å². The van der Waals surface area contributed by atoms with Crippen molar-refractivity contribution < 1.29 is 24.2 Å². The Morgan fingerprint density at radius 3 is 2.51 bits per heavy atom. The van der Waals surface area contributed by atoms with Crippen molar-refractivity contribution in [1.82, 2.24) is 19.2 Å². The maximum absolute atomic E-state index is 13.8. The Bertz CT molecular complexity index is 1680. The van der Waals surface area contributed by atoms with E-state index in [2.05, 4.69) is 15.9 Å². The smallest absolute Gasteiger partial charge is 0.300 e. The van der Waals surface area contributed by atoms with Gasteiger partial charge in [0.15, 0.2) is 11.5 Å². The number of carbonyl (C=O) groups is 2. The summed E-state index contributed by atoms with van der Waals surface area (Å²) in [7, 11) is 0. The molecule has 3 aromatic rings.